The van der Waals surface area contributed by atoms with Crippen molar-refractivity contribution in [3.8, 4) is 0 Å². The standard InChI is InChI=1S/C14H22O9/c15-13-11-12(14(16)23-13)22-10-8-20-6-4-18-2-1-17-3-5-19-7-9-21-11/h11-12H,1-10H2/t11-,12-/m1/s1. The van der Waals surface area contributed by atoms with E-state index in [9.17, 15) is 9.59 Å². The first-order chi connectivity index (χ1) is 11.3. The van der Waals surface area contributed by atoms with Crippen molar-refractivity contribution in [3.05, 3.63) is 0 Å². The molecule has 0 aromatic carbocycles. The van der Waals surface area contributed by atoms with E-state index in [1.807, 2.05) is 0 Å². The van der Waals surface area contributed by atoms with Crippen LogP contribution in [0.3, 0.4) is 0 Å². The molecule has 23 heavy (non-hydrogen) atoms. The number of hydrogen-bond donors (Lipinski definition) is 0. The average molecular weight is 334 g/mol. The van der Waals surface area contributed by atoms with Crippen molar-refractivity contribution in [1.29, 1.82) is 0 Å². The fourth-order valence-electron chi connectivity index (χ4n) is 2.00. The van der Waals surface area contributed by atoms with Gasteiger partial charge in [0.2, 0.25) is 0 Å². The van der Waals surface area contributed by atoms with E-state index in [0.29, 0.717) is 39.6 Å². The van der Waals surface area contributed by atoms with Crippen molar-refractivity contribution in [1.82, 2.24) is 0 Å². The van der Waals surface area contributed by atoms with Gasteiger partial charge in [-0.3, -0.25) is 0 Å². The average Bonchev–Trinajstić information content (AvgIpc) is 2.80. The first kappa shape index (κ1) is 18.2. The fourth-order valence-corrected chi connectivity index (χ4v) is 2.00. The molecule has 0 aliphatic carbocycles. The maximum absolute atomic E-state index is 11.6. The summed E-state index contributed by atoms with van der Waals surface area (Å²) < 4.78 is 36.5. The van der Waals surface area contributed by atoms with E-state index in [4.69, 9.17) is 28.4 Å². The molecule has 0 spiro atoms. The third-order valence-electron chi connectivity index (χ3n) is 3.11. The molecule has 0 aromatic heterocycles. The number of fused-ring (bicyclic) bond motifs is 1. The smallest absolute Gasteiger partial charge is 0.346 e. The third-order valence-corrected chi connectivity index (χ3v) is 3.11. The van der Waals surface area contributed by atoms with E-state index in [1.165, 1.54) is 0 Å². The summed E-state index contributed by atoms with van der Waals surface area (Å²) in [5.74, 6) is -1.49. The van der Waals surface area contributed by atoms with Crippen LogP contribution in [0.1, 0.15) is 0 Å². The Morgan fingerprint density at radius 1 is 0.522 bits per heavy atom. The summed E-state index contributed by atoms with van der Waals surface area (Å²) in [5, 5.41) is 0. The zero-order valence-electron chi connectivity index (χ0n) is 12.9. The van der Waals surface area contributed by atoms with Gasteiger partial charge in [-0.05, 0) is 0 Å². The summed E-state index contributed by atoms with van der Waals surface area (Å²) in [6, 6.07) is 0. The monoisotopic (exact) mass is 334 g/mol. The van der Waals surface area contributed by atoms with Gasteiger partial charge in [0.05, 0.1) is 66.1 Å². The molecule has 0 radical (unpaired) electrons. The predicted molar refractivity (Wildman–Crippen MR) is 73.9 cm³/mol. The summed E-state index contributed by atoms with van der Waals surface area (Å²) >= 11 is 0. The number of ether oxygens (including phenoxy) is 7. The molecule has 2 atom stereocenters. The van der Waals surface area contributed by atoms with Crippen molar-refractivity contribution in [2.24, 2.45) is 0 Å². The Kier molecular flexibility index (Phi) is 8.43. The molecule has 0 saturated carbocycles. The highest BCUT2D eigenvalue weighted by Crippen LogP contribution is 2.16. The quantitative estimate of drug-likeness (QED) is 0.404. The molecule has 0 amide bonds. The first-order valence-corrected chi connectivity index (χ1v) is 7.59. The van der Waals surface area contributed by atoms with Crippen molar-refractivity contribution >= 4 is 11.9 Å². The minimum atomic E-state index is -1.07. The Bertz CT molecular complexity index is 339. The van der Waals surface area contributed by atoms with Crippen LogP contribution in [-0.4, -0.2) is 90.2 Å². The van der Waals surface area contributed by atoms with E-state index >= 15 is 0 Å². The largest absolute Gasteiger partial charge is 0.389 e. The molecule has 2 aliphatic rings. The Hall–Kier alpha value is -1.10. The van der Waals surface area contributed by atoms with Gasteiger partial charge in [-0.1, -0.05) is 0 Å². The molecule has 132 valence electrons. The highest BCUT2D eigenvalue weighted by molar-refractivity contribution is 5.99. The number of rotatable bonds is 0. The molecule has 0 unspecified atom stereocenters. The Morgan fingerprint density at radius 3 is 1.17 bits per heavy atom. The van der Waals surface area contributed by atoms with Crippen LogP contribution in [0.5, 0.6) is 0 Å². The van der Waals surface area contributed by atoms with E-state index < -0.39 is 24.1 Å². The van der Waals surface area contributed by atoms with Crippen LogP contribution < -0.4 is 0 Å². The van der Waals surface area contributed by atoms with Crippen LogP contribution >= 0.6 is 0 Å². The van der Waals surface area contributed by atoms with E-state index in [1.54, 1.807) is 0 Å². The Balaban J connectivity index is 1.78. The molecule has 0 bridgehead atoms. The number of hydrogen-bond acceptors (Lipinski definition) is 9. The van der Waals surface area contributed by atoms with E-state index in [0.717, 1.165) is 0 Å². The molecule has 0 N–H and O–H groups in total. The van der Waals surface area contributed by atoms with Crippen LogP contribution in [0.15, 0.2) is 0 Å². The zero-order chi connectivity index (χ0) is 16.3. The lowest BCUT2D eigenvalue weighted by Crippen LogP contribution is -2.36. The second kappa shape index (κ2) is 10.6. The summed E-state index contributed by atoms with van der Waals surface area (Å²) in [5.41, 5.74) is 0. The second-order valence-electron chi connectivity index (χ2n) is 4.77. The summed E-state index contributed by atoms with van der Waals surface area (Å²) in [7, 11) is 0. The van der Waals surface area contributed by atoms with E-state index in [-0.39, 0.29) is 26.4 Å². The van der Waals surface area contributed by atoms with Crippen LogP contribution in [0, 0.1) is 0 Å². The molecule has 2 saturated heterocycles. The SMILES string of the molecule is O=C1OC(=O)[C@@H]2OCCOCCOCCOCCOCCO[C@@H]12. The molecular weight excluding hydrogens is 312 g/mol. The van der Waals surface area contributed by atoms with Gasteiger partial charge in [-0.15, -0.1) is 0 Å². The fraction of sp³-hybridized carbons (Fsp3) is 0.857. The van der Waals surface area contributed by atoms with Crippen LogP contribution in [-0.2, 0) is 42.7 Å². The third kappa shape index (κ3) is 6.50. The molecule has 2 heterocycles. The first-order valence-electron chi connectivity index (χ1n) is 7.59. The normalized spacial score (nSPS) is 30.1. The number of carbonyl (C=O) groups excluding carboxylic acids is 2. The molecule has 2 aliphatic heterocycles. The Labute approximate surface area is 134 Å². The highest BCUT2D eigenvalue weighted by atomic mass is 16.7. The van der Waals surface area contributed by atoms with E-state index in [2.05, 4.69) is 4.74 Å². The van der Waals surface area contributed by atoms with Crippen molar-refractivity contribution in [3.63, 3.8) is 0 Å². The lowest BCUT2D eigenvalue weighted by Gasteiger charge is -2.16. The minimum absolute atomic E-state index is 0.145. The zero-order valence-corrected chi connectivity index (χ0v) is 12.9. The lowest BCUT2D eigenvalue weighted by molar-refractivity contribution is -0.156. The lowest BCUT2D eigenvalue weighted by atomic mass is 10.2. The van der Waals surface area contributed by atoms with Gasteiger partial charge in [0.1, 0.15) is 0 Å². The van der Waals surface area contributed by atoms with Crippen molar-refractivity contribution < 1.29 is 42.7 Å². The van der Waals surface area contributed by atoms with Crippen molar-refractivity contribution in [2.45, 2.75) is 12.2 Å². The van der Waals surface area contributed by atoms with Crippen LogP contribution in [0.4, 0.5) is 0 Å². The number of cyclic esters (lactones) is 2. The predicted octanol–water partition coefficient (Wildman–Crippen LogP) is -1.08. The van der Waals surface area contributed by atoms with Crippen LogP contribution in [0.25, 0.3) is 0 Å². The highest BCUT2D eigenvalue weighted by Gasteiger charge is 2.46. The van der Waals surface area contributed by atoms with Gasteiger partial charge in [0.25, 0.3) is 0 Å². The summed E-state index contributed by atoms with van der Waals surface area (Å²) in [4.78, 5) is 23.2. The molecule has 2 fully saturated rings. The maximum Gasteiger partial charge on any atom is 0.346 e. The molecule has 0 aromatic rings. The van der Waals surface area contributed by atoms with Gasteiger partial charge in [0, 0.05) is 0 Å². The van der Waals surface area contributed by atoms with Gasteiger partial charge < -0.3 is 33.2 Å². The van der Waals surface area contributed by atoms with Crippen LogP contribution in [0.2, 0.25) is 0 Å². The van der Waals surface area contributed by atoms with Gasteiger partial charge >= 0.3 is 11.9 Å². The number of esters is 2. The Morgan fingerprint density at radius 2 is 0.826 bits per heavy atom. The molecule has 2 rings (SSSR count). The maximum atomic E-state index is 11.6. The molecule has 9 heteroatoms. The topological polar surface area (TPSA) is 98.8 Å². The van der Waals surface area contributed by atoms with Gasteiger partial charge in [-0.25, -0.2) is 9.59 Å². The molecular formula is C14H22O9. The van der Waals surface area contributed by atoms with Crippen molar-refractivity contribution in [2.75, 3.05) is 66.1 Å². The summed E-state index contributed by atoms with van der Waals surface area (Å²) in [6.07, 6.45) is -2.13. The second-order valence-corrected chi connectivity index (χ2v) is 4.77. The minimum Gasteiger partial charge on any atom is -0.389 e. The number of carbonyl (C=O) groups is 2. The van der Waals surface area contributed by atoms with Gasteiger partial charge in [-0.2, -0.15) is 0 Å². The molecule has 9 nitrogen and oxygen atoms in total. The van der Waals surface area contributed by atoms with Gasteiger partial charge in [0.15, 0.2) is 12.2 Å². The summed E-state index contributed by atoms with van der Waals surface area (Å²) in [6.45, 7) is 3.49.